The predicted molar refractivity (Wildman–Crippen MR) is 130 cm³/mol. The first-order valence-electron chi connectivity index (χ1n) is 11.1. The predicted octanol–water partition coefficient (Wildman–Crippen LogP) is 3.28. The molecule has 0 spiro atoms. The van der Waals surface area contributed by atoms with Gasteiger partial charge in [0, 0.05) is 25.1 Å². The van der Waals surface area contributed by atoms with Crippen molar-refractivity contribution in [3.8, 4) is 5.75 Å². The number of likely N-dealkylation sites (N-methyl/N-ethyl adjacent to an activating group) is 1. The molecule has 0 fully saturated rings. The molecule has 33 heavy (non-hydrogen) atoms. The highest BCUT2D eigenvalue weighted by molar-refractivity contribution is 5.97. The number of ether oxygens (including phenoxy) is 1. The van der Waals surface area contributed by atoms with E-state index >= 15 is 0 Å². The zero-order valence-corrected chi connectivity index (χ0v) is 19.2. The standard InChI is InChI=1S/C27H31N3O3/c1-30(2)17-18-33-24-15-13-21(14-16-24)19-25(29-26(31)23-11-7-4-8-12-23)27(32)28-20-22-9-5-3-6-10-22/h3-16,25H,17-20H2,1-2H3,(H,28,32)(H,29,31)/t25-/m1/s1. The van der Waals surface area contributed by atoms with E-state index in [4.69, 9.17) is 4.74 Å². The van der Waals surface area contributed by atoms with Crippen molar-refractivity contribution in [3.63, 3.8) is 0 Å². The number of amides is 2. The summed E-state index contributed by atoms with van der Waals surface area (Å²) < 4.78 is 5.74. The Bertz CT molecular complexity index is 1010. The summed E-state index contributed by atoms with van der Waals surface area (Å²) in [5, 5.41) is 5.83. The quantitative estimate of drug-likeness (QED) is 0.475. The minimum atomic E-state index is -0.707. The first-order chi connectivity index (χ1) is 16.0. The van der Waals surface area contributed by atoms with Crippen molar-refractivity contribution in [2.45, 2.75) is 19.0 Å². The fourth-order valence-corrected chi connectivity index (χ4v) is 3.25. The van der Waals surface area contributed by atoms with E-state index in [-0.39, 0.29) is 11.8 Å². The van der Waals surface area contributed by atoms with Crippen molar-refractivity contribution >= 4 is 11.8 Å². The minimum absolute atomic E-state index is 0.227. The van der Waals surface area contributed by atoms with Gasteiger partial charge >= 0.3 is 0 Å². The molecule has 6 nitrogen and oxygen atoms in total. The monoisotopic (exact) mass is 445 g/mol. The van der Waals surface area contributed by atoms with Crippen LogP contribution in [0, 0.1) is 0 Å². The van der Waals surface area contributed by atoms with Crippen LogP contribution in [0.3, 0.4) is 0 Å². The lowest BCUT2D eigenvalue weighted by Gasteiger charge is -2.19. The van der Waals surface area contributed by atoms with Gasteiger partial charge in [-0.05, 0) is 49.5 Å². The maximum atomic E-state index is 13.0. The third-order valence-corrected chi connectivity index (χ3v) is 5.14. The molecular formula is C27H31N3O3. The molecular weight excluding hydrogens is 414 g/mol. The maximum Gasteiger partial charge on any atom is 0.251 e. The molecule has 0 saturated heterocycles. The van der Waals surface area contributed by atoms with Crippen LogP contribution in [0.4, 0.5) is 0 Å². The van der Waals surface area contributed by atoms with Gasteiger partial charge in [-0.2, -0.15) is 0 Å². The molecule has 0 saturated carbocycles. The summed E-state index contributed by atoms with van der Waals surface area (Å²) >= 11 is 0. The first-order valence-corrected chi connectivity index (χ1v) is 11.1. The summed E-state index contributed by atoms with van der Waals surface area (Å²) in [7, 11) is 4.00. The van der Waals surface area contributed by atoms with Crippen molar-refractivity contribution in [2.24, 2.45) is 0 Å². The highest BCUT2D eigenvalue weighted by Crippen LogP contribution is 2.14. The third kappa shape index (κ3) is 8.09. The van der Waals surface area contributed by atoms with E-state index in [0.717, 1.165) is 23.4 Å². The maximum absolute atomic E-state index is 13.0. The van der Waals surface area contributed by atoms with Crippen LogP contribution >= 0.6 is 0 Å². The summed E-state index contributed by atoms with van der Waals surface area (Å²) in [4.78, 5) is 27.8. The topological polar surface area (TPSA) is 70.7 Å². The molecule has 1 atom stereocenters. The van der Waals surface area contributed by atoms with Gasteiger partial charge in [-0.3, -0.25) is 9.59 Å². The second-order valence-electron chi connectivity index (χ2n) is 8.10. The molecule has 0 radical (unpaired) electrons. The van der Waals surface area contributed by atoms with Gasteiger partial charge in [0.25, 0.3) is 5.91 Å². The molecule has 2 N–H and O–H groups in total. The van der Waals surface area contributed by atoms with Crippen LogP contribution in [0.5, 0.6) is 5.75 Å². The van der Waals surface area contributed by atoms with E-state index in [1.165, 1.54) is 0 Å². The van der Waals surface area contributed by atoms with Crippen LogP contribution in [-0.4, -0.2) is 50.0 Å². The summed E-state index contributed by atoms with van der Waals surface area (Å²) in [5.74, 6) is 0.271. The molecule has 0 unspecified atom stereocenters. The fourth-order valence-electron chi connectivity index (χ4n) is 3.25. The molecule has 0 bridgehead atoms. The van der Waals surface area contributed by atoms with Gasteiger partial charge in [0.05, 0.1) is 0 Å². The zero-order valence-electron chi connectivity index (χ0n) is 19.2. The van der Waals surface area contributed by atoms with Crippen LogP contribution in [0.1, 0.15) is 21.5 Å². The van der Waals surface area contributed by atoms with Crippen molar-refractivity contribution < 1.29 is 14.3 Å². The van der Waals surface area contributed by atoms with Crippen LogP contribution < -0.4 is 15.4 Å². The lowest BCUT2D eigenvalue weighted by atomic mass is 10.0. The molecule has 2 amide bonds. The van der Waals surface area contributed by atoms with Gasteiger partial charge in [0.15, 0.2) is 0 Å². The molecule has 3 aromatic carbocycles. The Morgan fingerprint density at radius 1 is 0.848 bits per heavy atom. The smallest absolute Gasteiger partial charge is 0.251 e. The van der Waals surface area contributed by atoms with E-state index < -0.39 is 6.04 Å². The van der Waals surface area contributed by atoms with Gasteiger partial charge < -0.3 is 20.3 Å². The summed E-state index contributed by atoms with van der Waals surface area (Å²) in [6, 6.07) is 25.5. The van der Waals surface area contributed by atoms with E-state index in [1.807, 2.05) is 74.8 Å². The average Bonchev–Trinajstić information content (AvgIpc) is 2.84. The Morgan fingerprint density at radius 3 is 2.12 bits per heavy atom. The Hall–Kier alpha value is -3.64. The summed E-state index contributed by atoms with van der Waals surface area (Å²) in [6.07, 6.45) is 0.372. The van der Waals surface area contributed by atoms with Crippen molar-refractivity contribution in [3.05, 3.63) is 102 Å². The number of hydrogen-bond acceptors (Lipinski definition) is 4. The van der Waals surface area contributed by atoms with Gasteiger partial charge in [-0.1, -0.05) is 60.7 Å². The molecule has 6 heteroatoms. The molecule has 172 valence electrons. The van der Waals surface area contributed by atoms with Crippen molar-refractivity contribution in [2.75, 3.05) is 27.2 Å². The van der Waals surface area contributed by atoms with E-state index in [1.54, 1.807) is 24.3 Å². The SMILES string of the molecule is CN(C)CCOc1ccc(C[C@@H](NC(=O)c2ccccc2)C(=O)NCc2ccccc2)cc1. The number of benzene rings is 3. The molecule has 0 aromatic heterocycles. The number of carbonyl (C=O) groups is 2. The molecule has 0 aliphatic carbocycles. The Balaban J connectivity index is 1.66. The molecule has 3 aromatic rings. The van der Waals surface area contributed by atoms with Crippen LogP contribution in [-0.2, 0) is 17.8 Å². The highest BCUT2D eigenvalue weighted by atomic mass is 16.5. The van der Waals surface area contributed by atoms with Crippen LogP contribution in [0.15, 0.2) is 84.9 Å². The van der Waals surface area contributed by atoms with E-state index in [2.05, 4.69) is 15.5 Å². The third-order valence-electron chi connectivity index (χ3n) is 5.14. The number of rotatable bonds is 11. The van der Waals surface area contributed by atoms with Gasteiger partial charge in [0.1, 0.15) is 18.4 Å². The lowest BCUT2D eigenvalue weighted by molar-refractivity contribution is -0.123. The average molecular weight is 446 g/mol. The lowest BCUT2D eigenvalue weighted by Crippen LogP contribution is -2.47. The Labute approximate surface area is 195 Å². The zero-order chi connectivity index (χ0) is 23.5. The first kappa shape index (κ1) is 24.0. The number of nitrogens with one attached hydrogen (secondary N) is 2. The van der Waals surface area contributed by atoms with E-state index in [0.29, 0.717) is 25.1 Å². The number of nitrogens with zero attached hydrogens (tertiary/aromatic N) is 1. The van der Waals surface area contributed by atoms with Gasteiger partial charge in [-0.15, -0.1) is 0 Å². The molecule has 3 rings (SSSR count). The van der Waals surface area contributed by atoms with Crippen LogP contribution in [0.2, 0.25) is 0 Å². The second-order valence-corrected chi connectivity index (χ2v) is 8.10. The number of carbonyl (C=O) groups excluding carboxylic acids is 2. The largest absolute Gasteiger partial charge is 0.492 e. The van der Waals surface area contributed by atoms with Crippen molar-refractivity contribution in [1.29, 1.82) is 0 Å². The Morgan fingerprint density at radius 2 is 1.48 bits per heavy atom. The molecule has 0 heterocycles. The Kier molecular flexibility index (Phi) is 9.03. The van der Waals surface area contributed by atoms with Gasteiger partial charge in [0.2, 0.25) is 5.91 Å². The summed E-state index contributed by atoms with van der Waals surface area (Å²) in [6.45, 7) is 1.83. The van der Waals surface area contributed by atoms with Crippen LogP contribution in [0.25, 0.3) is 0 Å². The molecule has 0 aliphatic rings. The van der Waals surface area contributed by atoms with Crippen molar-refractivity contribution in [1.82, 2.24) is 15.5 Å². The highest BCUT2D eigenvalue weighted by Gasteiger charge is 2.22. The number of hydrogen-bond donors (Lipinski definition) is 2. The second kappa shape index (κ2) is 12.4. The van der Waals surface area contributed by atoms with E-state index in [9.17, 15) is 9.59 Å². The fraction of sp³-hybridized carbons (Fsp3) is 0.259. The minimum Gasteiger partial charge on any atom is -0.492 e. The molecule has 0 aliphatic heterocycles. The van der Waals surface area contributed by atoms with Gasteiger partial charge in [-0.25, -0.2) is 0 Å². The summed E-state index contributed by atoms with van der Waals surface area (Å²) in [5.41, 5.74) is 2.45. The normalized spacial score (nSPS) is 11.6.